The maximum absolute atomic E-state index is 12.2. The predicted octanol–water partition coefficient (Wildman–Crippen LogP) is 1.27. The van der Waals surface area contributed by atoms with Gasteiger partial charge in [0.05, 0.1) is 16.1 Å². The number of H-pyrrole nitrogens is 1. The standard InChI is InChI=1S/C10H10ClN3O4S2/c1-19(15,16)7-2-3-8(11)9(6-7)20(17,18)14-10-4-5-12-13-10/h2-6H,1H3,(H2,12,13,14). The molecule has 2 N–H and O–H groups in total. The van der Waals surface area contributed by atoms with E-state index in [1.165, 1.54) is 24.4 Å². The van der Waals surface area contributed by atoms with Crippen molar-refractivity contribution in [3.05, 3.63) is 35.5 Å². The SMILES string of the molecule is CS(=O)(=O)c1ccc(Cl)c(S(=O)(=O)Nc2ccn[nH]2)c1. The van der Waals surface area contributed by atoms with Crippen LogP contribution in [-0.4, -0.2) is 33.3 Å². The van der Waals surface area contributed by atoms with Crippen molar-refractivity contribution >= 4 is 37.3 Å². The Labute approximate surface area is 120 Å². The van der Waals surface area contributed by atoms with E-state index in [0.29, 0.717) is 0 Å². The van der Waals surface area contributed by atoms with Crippen molar-refractivity contribution in [3.8, 4) is 0 Å². The largest absolute Gasteiger partial charge is 0.264 e. The maximum atomic E-state index is 12.2. The first-order chi connectivity index (χ1) is 9.20. The molecule has 0 saturated carbocycles. The van der Waals surface area contributed by atoms with Crippen molar-refractivity contribution < 1.29 is 16.8 Å². The Bertz CT molecular complexity index is 829. The Kier molecular flexibility index (Phi) is 3.76. The van der Waals surface area contributed by atoms with Crippen LogP contribution in [0.5, 0.6) is 0 Å². The molecule has 0 amide bonds. The molecule has 2 aromatic rings. The van der Waals surface area contributed by atoms with Crippen molar-refractivity contribution in [1.29, 1.82) is 0 Å². The lowest BCUT2D eigenvalue weighted by Crippen LogP contribution is -2.14. The monoisotopic (exact) mass is 335 g/mol. The van der Waals surface area contributed by atoms with Crippen LogP contribution in [0, 0.1) is 0 Å². The van der Waals surface area contributed by atoms with Crippen molar-refractivity contribution in [2.24, 2.45) is 0 Å². The van der Waals surface area contributed by atoms with Gasteiger partial charge in [0.1, 0.15) is 10.7 Å². The molecule has 0 unspecified atom stereocenters. The number of nitrogens with one attached hydrogen (secondary N) is 2. The van der Waals surface area contributed by atoms with E-state index in [0.717, 1.165) is 12.3 Å². The molecule has 1 aromatic carbocycles. The molecule has 2 rings (SSSR count). The van der Waals surface area contributed by atoms with Crippen LogP contribution in [0.2, 0.25) is 5.02 Å². The number of nitrogens with zero attached hydrogens (tertiary/aromatic N) is 1. The third-order valence-corrected chi connectivity index (χ3v) is 5.32. The summed E-state index contributed by atoms with van der Waals surface area (Å²) in [4.78, 5) is -0.455. The summed E-state index contributed by atoms with van der Waals surface area (Å²) < 4.78 is 49.5. The minimum Gasteiger partial charge on any atom is -0.264 e. The van der Waals surface area contributed by atoms with Crippen LogP contribution in [-0.2, 0) is 19.9 Å². The zero-order chi connectivity index (χ0) is 15.0. The van der Waals surface area contributed by atoms with Gasteiger partial charge in [-0.25, -0.2) is 16.8 Å². The lowest BCUT2D eigenvalue weighted by atomic mass is 10.4. The van der Waals surface area contributed by atoms with Gasteiger partial charge in [-0.2, -0.15) is 5.10 Å². The number of aromatic nitrogens is 2. The van der Waals surface area contributed by atoms with Crippen LogP contribution in [0.25, 0.3) is 0 Å². The van der Waals surface area contributed by atoms with Gasteiger partial charge in [0, 0.05) is 12.3 Å². The molecular formula is C10H10ClN3O4S2. The van der Waals surface area contributed by atoms with E-state index in [9.17, 15) is 16.8 Å². The minimum absolute atomic E-state index is 0.0792. The molecule has 0 spiro atoms. The highest BCUT2D eigenvalue weighted by atomic mass is 35.5. The van der Waals surface area contributed by atoms with Gasteiger partial charge in [-0.1, -0.05) is 11.6 Å². The lowest BCUT2D eigenvalue weighted by molar-refractivity contribution is 0.599. The number of sulfonamides is 1. The van der Waals surface area contributed by atoms with Crippen molar-refractivity contribution in [1.82, 2.24) is 10.2 Å². The van der Waals surface area contributed by atoms with Crippen LogP contribution in [0.3, 0.4) is 0 Å². The fraction of sp³-hybridized carbons (Fsp3) is 0.100. The first kappa shape index (κ1) is 14.8. The van der Waals surface area contributed by atoms with Gasteiger partial charge in [-0.3, -0.25) is 9.82 Å². The highest BCUT2D eigenvalue weighted by molar-refractivity contribution is 7.93. The molecular weight excluding hydrogens is 326 g/mol. The van der Waals surface area contributed by atoms with Crippen LogP contribution < -0.4 is 4.72 Å². The van der Waals surface area contributed by atoms with Gasteiger partial charge in [0.2, 0.25) is 0 Å². The molecule has 7 nitrogen and oxygen atoms in total. The summed E-state index contributed by atoms with van der Waals surface area (Å²) in [5.41, 5.74) is 0. The summed E-state index contributed by atoms with van der Waals surface area (Å²) in [6.07, 6.45) is 2.35. The maximum Gasteiger partial charge on any atom is 0.264 e. The van der Waals surface area contributed by atoms with Gasteiger partial charge in [-0.05, 0) is 18.2 Å². The molecule has 0 fully saturated rings. The van der Waals surface area contributed by atoms with Gasteiger partial charge in [0.15, 0.2) is 9.84 Å². The zero-order valence-corrected chi connectivity index (χ0v) is 12.6. The normalized spacial score (nSPS) is 12.3. The average molecular weight is 336 g/mol. The van der Waals surface area contributed by atoms with E-state index in [1.807, 2.05) is 0 Å². The number of benzene rings is 1. The summed E-state index contributed by atoms with van der Waals surface area (Å²) in [5, 5.41) is 5.94. The number of halogens is 1. The van der Waals surface area contributed by atoms with Gasteiger partial charge in [-0.15, -0.1) is 0 Å². The minimum atomic E-state index is -4.01. The summed E-state index contributed by atoms with van der Waals surface area (Å²) in [6.45, 7) is 0. The summed E-state index contributed by atoms with van der Waals surface area (Å²) in [6, 6.07) is 4.88. The highest BCUT2D eigenvalue weighted by Gasteiger charge is 2.21. The summed E-state index contributed by atoms with van der Waals surface area (Å²) >= 11 is 5.83. The number of sulfone groups is 1. The third kappa shape index (κ3) is 3.11. The van der Waals surface area contributed by atoms with Gasteiger partial charge >= 0.3 is 0 Å². The smallest absolute Gasteiger partial charge is 0.264 e. The molecule has 0 bridgehead atoms. The van der Waals surface area contributed by atoms with Gasteiger partial charge < -0.3 is 0 Å². The lowest BCUT2D eigenvalue weighted by Gasteiger charge is -2.09. The quantitative estimate of drug-likeness (QED) is 0.874. The Morgan fingerprint density at radius 3 is 2.45 bits per heavy atom. The molecule has 0 aliphatic carbocycles. The third-order valence-electron chi connectivity index (χ3n) is 2.37. The molecule has 1 heterocycles. The molecule has 0 aliphatic rings. The van der Waals surface area contributed by atoms with Crippen LogP contribution in [0.4, 0.5) is 5.82 Å². The molecule has 10 heteroatoms. The summed E-state index contributed by atoms with van der Waals surface area (Å²) in [7, 11) is -7.55. The first-order valence-electron chi connectivity index (χ1n) is 5.22. The fourth-order valence-corrected chi connectivity index (χ4v) is 3.70. The van der Waals surface area contributed by atoms with Crippen LogP contribution >= 0.6 is 11.6 Å². The Morgan fingerprint density at radius 2 is 1.90 bits per heavy atom. The van der Waals surface area contributed by atoms with Crippen molar-refractivity contribution in [2.75, 3.05) is 11.0 Å². The Balaban J connectivity index is 2.51. The van der Waals surface area contributed by atoms with E-state index < -0.39 is 19.9 Å². The predicted molar refractivity (Wildman–Crippen MR) is 74.0 cm³/mol. The molecule has 20 heavy (non-hydrogen) atoms. The second-order valence-electron chi connectivity index (χ2n) is 3.94. The van der Waals surface area contributed by atoms with Crippen molar-refractivity contribution in [2.45, 2.75) is 9.79 Å². The Hall–Kier alpha value is -1.58. The van der Waals surface area contributed by atoms with E-state index >= 15 is 0 Å². The number of rotatable bonds is 4. The zero-order valence-electron chi connectivity index (χ0n) is 10.2. The van der Waals surface area contributed by atoms with E-state index in [4.69, 9.17) is 11.6 Å². The number of hydrogen-bond donors (Lipinski definition) is 2. The number of anilines is 1. The average Bonchev–Trinajstić information content (AvgIpc) is 2.79. The van der Waals surface area contributed by atoms with Crippen LogP contribution in [0.1, 0.15) is 0 Å². The highest BCUT2D eigenvalue weighted by Crippen LogP contribution is 2.26. The molecule has 0 aliphatic heterocycles. The second-order valence-corrected chi connectivity index (χ2v) is 8.01. The molecule has 0 radical (unpaired) electrons. The van der Waals surface area contributed by atoms with Crippen LogP contribution in [0.15, 0.2) is 40.3 Å². The first-order valence-corrected chi connectivity index (χ1v) is 8.97. The molecule has 1 aromatic heterocycles. The Morgan fingerprint density at radius 1 is 1.20 bits per heavy atom. The van der Waals surface area contributed by atoms with Gasteiger partial charge in [0.25, 0.3) is 10.0 Å². The number of aromatic amines is 1. The molecule has 0 saturated heterocycles. The number of hydrogen-bond acceptors (Lipinski definition) is 5. The topological polar surface area (TPSA) is 109 Å². The second kappa shape index (κ2) is 5.08. The van der Waals surface area contributed by atoms with E-state index in [-0.39, 0.29) is 20.6 Å². The molecule has 108 valence electrons. The molecule has 0 atom stereocenters. The van der Waals surface area contributed by atoms with E-state index in [1.54, 1.807) is 0 Å². The summed E-state index contributed by atoms with van der Waals surface area (Å²) in [5.74, 6) is 0.144. The van der Waals surface area contributed by atoms with E-state index in [2.05, 4.69) is 14.9 Å². The van der Waals surface area contributed by atoms with Crippen molar-refractivity contribution in [3.63, 3.8) is 0 Å². The fourth-order valence-electron chi connectivity index (χ4n) is 1.43.